The van der Waals surface area contributed by atoms with E-state index in [0.29, 0.717) is 0 Å². The summed E-state index contributed by atoms with van der Waals surface area (Å²) in [7, 11) is 2.10. The fourth-order valence-corrected chi connectivity index (χ4v) is 6.11. The molecular formula is C31H22BN2O2+. The minimum Gasteiger partial charge on any atom is -0.458 e. The van der Waals surface area contributed by atoms with Gasteiger partial charge < -0.3 is 14.5 Å². The molecule has 1 N–H and O–H groups in total. The van der Waals surface area contributed by atoms with E-state index < -0.39 is 0 Å². The molecule has 0 radical (unpaired) electrons. The Balaban J connectivity index is 1.46. The third-order valence-corrected chi connectivity index (χ3v) is 7.73. The van der Waals surface area contributed by atoms with Gasteiger partial charge in [-0.3, -0.25) is 0 Å². The zero-order chi connectivity index (χ0) is 24.0. The predicted octanol–water partition coefficient (Wildman–Crippen LogP) is 4.85. The minimum atomic E-state index is 0.0658. The standard InChI is InChI=1S/C31H21BN2O2/c1-18-13-14-19-28-22(33-30(19)27(18)23-9-5-6-17-34(23)2)16-15-21-31(28)36-26-12-7-11-25-29(26)32(21)20-8-3-4-10-24(20)35-25/h3-17H,1-2H3/p+1. The highest BCUT2D eigenvalue weighted by Gasteiger charge is 2.40. The number of nitrogens with one attached hydrogen (secondary N) is 1. The van der Waals surface area contributed by atoms with Crippen molar-refractivity contribution in [2.24, 2.45) is 7.05 Å². The molecule has 4 heterocycles. The number of ether oxygens (including phenoxy) is 2. The second kappa shape index (κ2) is 7.02. The molecule has 0 aliphatic carbocycles. The molecule has 2 aliphatic rings. The summed E-state index contributed by atoms with van der Waals surface area (Å²) in [6, 6.07) is 29.6. The predicted molar refractivity (Wildman–Crippen MR) is 145 cm³/mol. The number of rotatable bonds is 1. The van der Waals surface area contributed by atoms with Crippen LogP contribution in [0.3, 0.4) is 0 Å². The number of aromatic amines is 1. The second-order valence-electron chi connectivity index (χ2n) is 9.75. The summed E-state index contributed by atoms with van der Waals surface area (Å²) in [5.74, 6) is 3.57. The second-order valence-corrected chi connectivity index (χ2v) is 9.75. The molecule has 8 rings (SSSR count). The molecule has 0 atom stereocenters. The van der Waals surface area contributed by atoms with E-state index in [1.807, 2.05) is 18.2 Å². The maximum Gasteiger partial charge on any atom is 0.260 e. The third kappa shape index (κ3) is 2.52. The van der Waals surface area contributed by atoms with Crippen molar-refractivity contribution >= 4 is 44.9 Å². The molecular weight excluding hydrogens is 443 g/mol. The van der Waals surface area contributed by atoms with E-state index in [2.05, 4.69) is 96.4 Å². The van der Waals surface area contributed by atoms with Crippen LogP contribution in [0.2, 0.25) is 0 Å². The Labute approximate surface area is 208 Å². The Hall–Kier alpha value is -4.51. The lowest BCUT2D eigenvalue weighted by molar-refractivity contribution is -0.660. The lowest BCUT2D eigenvalue weighted by atomic mass is 9.35. The number of nitrogens with zero attached hydrogens (tertiary/aromatic N) is 1. The van der Waals surface area contributed by atoms with Crippen LogP contribution in [0.15, 0.2) is 91.1 Å². The van der Waals surface area contributed by atoms with Crippen LogP contribution in [-0.2, 0) is 7.05 Å². The topological polar surface area (TPSA) is 38.1 Å². The fraction of sp³-hybridized carbons (Fsp3) is 0.0645. The lowest BCUT2D eigenvalue weighted by Crippen LogP contribution is -2.57. The van der Waals surface area contributed by atoms with Gasteiger partial charge in [-0.2, -0.15) is 0 Å². The number of fused-ring (bicyclic) bond motifs is 8. The molecule has 4 nitrogen and oxygen atoms in total. The van der Waals surface area contributed by atoms with Crippen molar-refractivity contribution in [1.82, 2.24) is 4.98 Å². The maximum absolute atomic E-state index is 6.71. The van der Waals surface area contributed by atoms with Gasteiger partial charge in [-0.15, -0.1) is 0 Å². The number of hydrogen-bond donors (Lipinski definition) is 1. The third-order valence-electron chi connectivity index (χ3n) is 7.73. The van der Waals surface area contributed by atoms with E-state index >= 15 is 0 Å². The van der Waals surface area contributed by atoms with E-state index in [1.54, 1.807) is 0 Å². The molecule has 0 unspecified atom stereocenters. The quantitative estimate of drug-likeness (QED) is 0.278. The summed E-state index contributed by atoms with van der Waals surface area (Å²) in [5, 5.41) is 2.30. The summed E-state index contributed by atoms with van der Waals surface area (Å²) < 4.78 is 15.2. The fourth-order valence-electron chi connectivity index (χ4n) is 6.11. The Morgan fingerprint density at radius 1 is 0.750 bits per heavy atom. The minimum absolute atomic E-state index is 0.0658. The van der Waals surface area contributed by atoms with Crippen molar-refractivity contribution in [2.45, 2.75) is 6.92 Å². The summed E-state index contributed by atoms with van der Waals surface area (Å²) >= 11 is 0. The molecule has 6 aromatic rings. The van der Waals surface area contributed by atoms with Crippen molar-refractivity contribution in [1.29, 1.82) is 0 Å². The molecule has 2 aromatic heterocycles. The van der Waals surface area contributed by atoms with Crippen molar-refractivity contribution in [3.8, 4) is 34.3 Å². The van der Waals surface area contributed by atoms with Crippen molar-refractivity contribution in [2.75, 3.05) is 0 Å². The number of benzene rings is 4. The lowest BCUT2D eigenvalue weighted by Gasteiger charge is -2.33. The van der Waals surface area contributed by atoms with Gasteiger partial charge in [0.05, 0.1) is 16.6 Å². The average Bonchev–Trinajstić information content (AvgIpc) is 3.28. The van der Waals surface area contributed by atoms with Crippen molar-refractivity contribution in [3.05, 3.63) is 96.7 Å². The van der Waals surface area contributed by atoms with Gasteiger partial charge in [-0.05, 0) is 53.7 Å². The van der Waals surface area contributed by atoms with Gasteiger partial charge in [-0.1, -0.05) is 42.5 Å². The molecule has 0 saturated heterocycles. The molecule has 0 bridgehead atoms. The molecule has 36 heavy (non-hydrogen) atoms. The highest BCUT2D eigenvalue weighted by molar-refractivity contribution is 6.98. The first-order valence-corrected chi connectivity index (χ1v) is 12.3. The van der Waals surface area contributed by atoms with Crippen LogP contribution in [0.1, 0.15) is 5.56 Å². The van der Waals surface area contributed by atoms with Crippen LogP contribution < -0.4 is 30.4 Å². The van der Waals surface area contributed by atoms with E-state index in [-0.39, 0.29) is 6.71 Å². The van der Waals surface area contributed by atoms with Gasteiger partial charge in [0.15, 0.2) is 6.20 Å². The van der Waals surface area contributed by atoms with E-state index in [0.717, 1.165) is 44.9 Å². The maximum atomic E-state index is 6.71. The van der Waals surface area contributed by atoms with Crippen molar-refractivity contribution < 1.29 is 14.0 Å². The zero-order valence-corrected chi connectivity index (χ0v) is 20.0. The zero-order valence-electron chi connectivity index (χ0n) is 20.0. The molecule has 5 heteroatoms. The normalized spacial score (nSPS) is 13.1. The van der Waals surface area contributed by atoms with Crippen molar-refractivity contribution in [3.63, 3.8) is 0 Å². The highest BCUT2D eigenvalue weighted by atomic mass is 16.5. The van der Waals surface area contributed by atoms with Gasteiger partial charge in [0.1, 0.15) is 30.0 Å². The van der Waals surface area contributed by atoms with E-state index in [9.17, 15) is 0 Å². The summed E-state index contributed by atoms with van der Waals surface area (Å²) in [4.78, 5) is 3.75. The number of pyridine rings is 1. The Bertz CT molecular complexity index is 1890. The summed E-state index contributed by atoms with van der Waals surface area (Å²) in [6.07, 6.45) is 2.10. The average molecular weight is 465 g/mol. The molecule has 4 aromatic carbocycles. The van der Waals surface area contributed by atoms with Gasteiger partial charge in [0.25, 0.3) is 6.71 Å². The van der Waals surface area contributed by atoms with Gasteiger partial charge in [-0.25, -0.2) is 4.57 Å². The number of H-pyrrole nitrogens is 1. The van der Waals surface area contributed by atoms with Gasteiger partial charge in [0.2, 0.25) is 5.69 Å². The largest absolute Gasteiger partial charge is 0.458 e. The van der Waals surface area contributed by atoms with Crippen LogP contribution in [0.25, 0.3) is 33.1 Å². The molecule has 0 amide bonds. The molecule has 0 fully saturated rings. The monoisotopic (exact) mass is 465 g/mol. The van der Waals surface area contributed by atoms with Crippen LogP contribution in [0.4, 0.5) is 0 Å². The van der Waals surface area contributed by atoms with Gasteiger partial charge in [0, 0.05) is 28.4 Å². The highest BCUT2D eigenvalue weighted by Crippen LogP contribution is 2.42. The first-order chi connectivity index (χ1) is 17.7. The molecule has 0 spiro atoms. The number of para-hydroxylation sites is 1. The van der Waals surface area contributed by atoms with Crippen LogP contribution in [0, 0.1) is 6.92 Å². The number of hydrogen-bond acceptors (Lipinski definition) is 2. The summed E-state index contributed by atoms with van der Waals surface area (Å²) in [5.41, 5.74) is 9.30. The Kier molecular flexibility index (Phi) is 3.85. The van der Waals surface area contributed by atoms with Crippen LogP contribution in [0.5, 0.6) is 23.0 Å². The SMILES string of the molecule is Cc1ccc2c([nH]c3ccc4c(c32)Oc2cccc3c2B4c2ccccc2O3)c1-c1cccc[n+]1C. The Morgan fingerprint density at radius 2 is 1.56 bits per heavy atom. The Morgan fingerprint density at radius 3 is 2.44 bits per heavy atom. The molecule has 2 aliphatic heterocycles. The summed E-state index contributed by atoms with van der Waals surface area (Å²) in [6.45, 7) is 2.24. The number of aryl methyl sites for hydroxylation is 2. The smallest absolute Gasteiger partial charge is 0.260 e. The van der Waals surface area contributed by atoms with Gasteiger partial charge >= 0.3 is 0 Å². The number of aromatic nitrogens is 2. The molecule has 170 valence electrons. The van der Waals surface area contributed by atoms with Crippen LogP contribution >= 0.6 is 0 Å². The van der Waals surface area contributed by atoms with E-state index in [4.69, 9.17) is 9.47 Å². The first-order valence-electron chi connectivity index (χ1n) is 12.3. The van der Waals surface area contributed by atoms with Crippen LogP contribution in [-0.4, -0.2) is 11.7 Å². The first kappa shape index (κ1) is 19.8. The van der Waals surface area contributed by atoms with E-state index in [1.165, 1.54) is 33.1 Å². The molecule has 0 saturated carbocycles.